The van der Waals surface area contributed by atoms with Crippen molar-refractivity contribution in [2.45, 2.75) is 19.3 Å². The van der Waals surface area contributed by atoms with Crippen LogP contribution >= 0.6 is 11.3 Å². The zero-order valence-corrected chi connectivity index (χ0v) is 21.6. The first kappa shape index (κ1) is 21.0. The van der Waals surface area contributed by atoms with Crippen LogP contribution in [0.4, 0.5) is 0 Å². The minimum Gasteiger partial charge on any atom is -0.308 e. The van der Waals surface area contributed by atoms with Gasteiger partial charge in [0.15, 0.2) is 0 Å². The van der Waals surface area contributed by atoms with E-state index in [0.717, 1.165) is 0 Å². The summed E-state index contributed by atoms with van der Waals surface area (Å²) >= 11 is 1.98. The van der Waals surface area contributed by atoms with E-state index in [1.165, 1.54) is 70.3 Å². The molecule has 0 amide bonds. The third-order valence-corrected chi connectivity index (χ3v) is 9.68. The summed E-state index contributed by atoms with van der Waals surface area (Å²) < 4.78 is 3.87. The van der Waals surface area contributed by atoms with E-state index >= 15 is 0 Å². The summed E-state index contributed by atoms with van der Waals surface area (Å²) in [5, 5.41) is 3.99. The minimum atomic E-state index is 0.00596. The molecule has 5 aromatic carbocycles. The van der Waals surface area contributed by atoms with Gasteiger partial charge in [-0.05, 0) is 40.5 Å². The van der Waals surface area contributed by atoms with Crippen molar-refractivity contribution in [3.63, 3.8) is 0 Å². The molecule has 0 fully saturated rings. The van der Waals surface area contributed by atoms with E-state index in [0.29, 0.717) is 0 Å². The van der Waals surface area contributed by atoms with Crippen molar-refractivity contribution in [3.05, 3.63) is 126 Å². The maximum atomic E-state index is 2.49. The first-order valence-corrected chi connectivity index (χ1v) is 13.7. The first-order valence-electron chi connectivity index (χ1n) is 12.9. The van der Waals surface area contributed by atoms with Crippen LogP contribution in [-0.2, 0) is 5.41 Å². The van der Waals surface area contributed by atoms with Gasteiger partial charge in [-0.2, -0.15) is 0 Å². The fraction of sp³-hybridized carbons (Fsp3) is 0.0857. The number of fused-ring (bicyclic) bond motifs is 9. The Hall–Kier alpha value is -4.14. The number of aromatic nitrogens is 1. The van der Waals surface area contributed by atoms with Crippen molar-refractivity contribution in [1.82, 2.24) is 4.57 Å². The molecule has 0 saturated carbocycles. The average molecular weight is 492 g/mol. The van der Waals surface area contributed by atoms with E-state index < -0.39 is 0 Å². The highest BCUT2D eigenvalue weighted by Gasteiger charge is 2.38. The van der Waals surface area contributed by atoms with E-state index in [4.69, 9.17) is 0 Å². The summed E-state index contributed by atoms with van der Waals surface area (Å²) in [4.78, 5) is 1.48. The molecule has 0 spiro atoms. The lowest BCUT2D eigenvalue weighted by Crippen LogP contribution is -2.13. The van der Waals surface area contributed by atoms with Crippen molar-refractivity contribution in [2.24, 2.45) is 0 Å². The normalized spacial score (nSPS) is 13.9. The summed E-state index contributed by atoms with van der Waals surface area (Å²) in [6, 6.07) is 42.2. The molecule has 176 valence electrons. The highest BCUT2D eigenvalue weighted by atomic mass is 32.1. The van der Waals surface area contributed by atoms with E-state index in [9.17, 15) is 0 Å². The second-order valence-electron chi connectivity index (χ2n) is 10.6. The summed E-state index contributed by atoms with van der Waals surface area (Å²) in [6.07, 6.45) is 0. The molecule has 0 bridgehead atoms. The second kappa shape index (κ2) is 7.44. The molecule has 0 aliphatic heterocycles. The number of thiophene rings is 1. The quantitative estimate of drug-likeness (QED) is 0.227. The predicted molar refractivity (Wildman–Crippen MR) is 159 cm³/mol. The molecule has 37 heavy (non-hydrogen) atoms. The Kier molecular flexibility index (Phi) is 4.22. The Morgan fingerprint density at radius 2 is 1.35 bits per heavy atom. The molecule has 0 saturated heterocycles. The van der Waals surface area contributed by atoms with Gasteiger partial charge in [0.25, 0.3) is 0 Å². The number of nitrogens with zero attached hydrogens (tertiary/aromatic N) is 1. The van der Waals surface area contributed by atoms with Crippen LogP contribution in [0.5, 0.6) is 0 Å². The predicted octanol–water partition coefficient (Wildman–Crippen LogP) is 9.97. The summed E-state index contributed by atoms with van der Waals surface area (Å²) in [5.41, 5.74) is 10.5. The summed E-state index contributed by atoms with van der Waals surface area (Å²) in [5.74, 6) is 0. The Morgan fingerprint density at radius 3 is 2.24 bits per heavy atom. The Labute approximate surface area is 220 Å². The molecule has 0 atom stereocenters. The molecular formula is C35H25NS. The fourth-order valence-electron chi connectivity index (χ4n) is 6.40. The van der Waals surface area contributed by atoms with Crippen molar-refractivity contribution in [3.8, 4) is 27.9 Å². The lowest BCUT2D eigenvalue weighted by Gasteiger charge is -2.19. The van der Waals surface area contributed by atoms with Gasteiger partial charge < -0.3 is 4.57 Å². The van der Waals surface area contributed by atoms with Crippen LogP contribution in [0.1, 0.15) is 24.3 Å². The van der Waals surface area contributed by atoms with Crippen molar-refractivity contribution < 1.29 is 0 Å². The number of hydrogen-bond acceptors (Lipinski definition) is 1. The van der Waals surface area contributed by atoms with E-state index in [-0.39, 0.29) is 5.41 Å². The zero-order chi connectivity index (χ0) is 24.7. The highest BCUT2D eigenvalue weighted by molar-refractivity contribution is 7.21. The standard InChI is InChI=1S/C35H25NS/c1-35(2)29-17-8-6-16-27(29)31-28-20-19-26-25-15-7-9-18-30(25)36(32(26)33(28)37-34(31)35)24-14-10-13-23(21-24)22-11-4-3-5-12-22/h3-21H,1-2H3. The molecule has 0 radical (unpaired) electrons. The van der Waals surface area contributed by atoms with Crippen LogP contribution in [-0.4, -0.2) is 4.57 Å². The van der Waals surface area contributed by atoms with Crippen LogP contribution in [0.3, 0.4) is 0 Å². The lowest BCUT2D eigenvalue weighted by molar-refractivity contribution is 0.674. The lowest BCUT2D eigenvalue weighted by atomic mass is 9.87. The van der Waals surface area contributed by atoms with Crippen molar-refractivity contribution in [1.29, 1.82) is 0 Å². The van der Waals surface area contributed by atoms with Crippen LogP contribution in [0.15, 0.2) is 115 Å². The van der Waals surface area contributed by atoms with Gasteiger partial charge >= 0.3 is 0 Å². The van der Waals surface area contributed by atoms with Gasteiger partial charge in [0, 0.05) is 37.7 Å². The smallest absolute Gasteiger partial charge is 0.0719 e. The van der Waals surface area contributed by atoms with Gasteiger partial charge in [-0.3, -0.25) is 0 Å². The molecule has 0 N–H and O–H groups in total. The van der Waals surface area contributed by atoms with E-state index in [2.05, 4.69) is 134 Å². The van der Waals surface area contributed by atoms with Gasteiger partial charge in [0.2, 0.25) is 0 Å². The Balaban J connectivity index is 1.50. The maximum Gasteiger partial charge on any atom is 0.0719 e. The molecule has 2 heterocycles. The highest BCUT2D eigenvalue weighted by Crippen LogP contribution is 2.56. The zero-order valence-electron chi connectivity index (χ0n) is 20.8. The monoisotopic (exact) mass is 491 g/mol. The molecule has 2 heteroatoms. The molecule has 7 aromatic rings. The van der Waals surface area contributed by atoms with Crippen LogP contribution in [0.25, 0.3) is 59.8 Å². The molecular weight excluding hydrogens is 466 g/mol. The largest absolute Gasteiger partial charge is 0.308 e. The summed E-state index contributed by atoms with van der Waals surface area (Å²) in [6.45, 7) is 4.76. The van der Waals surface area contributed by atoms with Crippen molar-refractivity contribution in [2.75, 3.05) is 0 Å². The minimum absolute atomic E-state index is 0.00596. The number of rotatable bonds is 2. The van der Waals surface area contributed by atoms with Crippen LogP contribution in [0, 0.1) is 0 Å². The third kappa shape index (κ3) is 2.79. The van der Waals surface area contributed by atoms with E-state index in [1.54, 1.807) is 0 Å². The number of para-hydroxylation sites is 1. The van der Waals surface area contributed by atoms with Crippen molar-refractivity contribution >= 4 is 43.2 Å². The van der Waals surface area contributed by atoms with Gasteiger partial charge in [-0.1, -0.05) is 111 Å². The number of benzene rings is 5. The van der Waals surface area contributed by atoms with E-state index in [1.807, 2.05) is 11.3 Å². The Morgan fingerprint density at radius 1 is 0.622 bits per heavy atom. The molecule has 1 nitrogen and oxygen atoms in total. The molecule has 1 aliphatic rings. The second-order valence-corrected chi connectivity index (χ2v) is 11.6. The summed E-state index contributed by atoms with van der Waals surface area (Å²) in [7, 11) is 0. The van der Waals surface area contributed by atoms with Gasteiger partial charge in [-0.15, -0.1) is 11.3 Å². The van der Waals surface area contributed by atoms with Crippen LogP contribution < -0.4 is 0 Å². The maximum absolute atomic E-state index is 2.49. The Bertz CT molecular complexity index is 2000. The van der Waals surface area contributed by atoms with Gasteiger partial charge in [0.1, 0.15) is 0 Å². The van der Waals surface area contributed by atoms with Crippen LogP contribution in [0.2, 0.25) is 0 Å². The first-order chi connectivity index (χ1) is 18.1. The van der Waals surface area contributed by atoms with Gasteiger partial charge in [0.05, 0.1) is 15.7 Å². The third-order valence-electron chi connectivity index (χ3n) is 8.14. The average Bonchev–Trinajstić information content (AvgIpc) is 3.56. The SMILES string of the molecule is CC1(C)c2ccccc2-c2c1sc1c2ccc2c3ccccc3n(-c3cccc(-c4ccccc4)c3)c21. The molecule has 2 aromatic heterocycles. The van der Waals surface area contributed by atoms with Gasteiger partial charge in [-0.25, -0.2) is 0 Å². The molecule has 8 rings (SSSR count). The number of hydrogen-bond donors (Lipinski definition) is 0. The topological polar surface area (TPSA) is 4.93 Å². The molecule has 1 aliphatic carbocycles. The molecule has 0 unspecified atom stereocenters. The fourth-order valence-corrected chi connectivity index (χ4v) is 7.87.